The molecule has 1 aliphatic rings. The third-order valence-electron chi connectivity index (χ3n) is 6.96. The van der Waals surface area contributed by atoms with E-state index in [-0.39, 0.29) is 18.6 Å². The molecule has 0 bridgehead atoms. The second-order valence-corrected chi connectivity index (χ2v) is 10.9. The smallest absolute Gasteiger partial charge is 0.409 e. The number of benzene rings is 2. The zero-order chi connectivity index (χ0) is 27.8. The standard InChI is InChI=1S/C32H37N3O4/c1-32(2,3)29(36)30(37)34-19-11-21-35(20-10-13-23-12-8-9-18-33-23)31(38)39-22-28-26-16-6-4-14-24(26)25-15-5-7-17-27(25)28/h4-9,12,14-18,28H,10-11,13,19-22H2,1-3H3,(H,34,37). The van der Waals surface area contributed by atoms with Crippen LogP contribution >= 0.6 is 0 Å². The highest BCUT2D eigenvalue weighted by molar-refractivity contribution is 6.37. The Balaban J connectivity index is 1.36. The first-order valence-electron chi connectivity index (χ1n) is 13.6. The van der Waals surface area contributed by atoms with Crippen molar-refractivity contribution in [1.82, 2.24) is 15.2 Å². The molecule has 7 nitrogen and oxygen atoms in total. The Bertz CT molecular complexity index is 1250. The number of carbonyl (C=O) groups excluding carboxylic acids is 3. The van der Waals surface area contributed by atoms with Crippen molar-refractivity contribution >= 4 is 17.8 Å². The number of ether oxygens (including phenoxy) is 1. The Morgan fingerprint density at radius 2 is 1.49 bits per heavy atom. The van der Waals surface area contributed by atoms with Gasteiger partial charge in [-0.2, -0.15) is 0 Å². The number of ketones is 1. The first-order valence-corrected chi connectivity index (χ1v) is 13.6. The van der Waals surface area contributed by atoms with E-state index >= 15 is 0 Å². The van der Waals surface area contributed by atoms with Crippen LogP contribution in [0.25, 0.3) is 11.1 Å². The Morgan fingerprint density at radius 3 is 2.10 bits per heavy atom. The fourth-order valence-corrected chi connectivity index (χ4v) is 4.87. The summed E-state index contributed by atoms with van der Waals surface area (Å²) in [5.41, 5.74) is 4.93. The maximum absolute atomic E-state index is 13.3. The maximum atomic E-state index is 13.3. The van der Waals surface area contributed by atoms with Gasteiger partial charge in [0.05, 0.1) is 0 Å². The summed E-state index contributed by atoms with van der Waals surface area (Å²) in [5, 5.41) is 2.69. The largest absolute Gasteiger partial charge is 0.448 e. The summed E-state index contributed by atoms with van der Waals surface area (Å²) in [6.45, 7) is 6.61. The van der Waals surface area contributed by atoms with E-state index < -0.39 is 17.1 Å². The van der Waals surface area contributed by atoms with Crippen LogP contribution < -0.4 is 5.32 Å². The topological polar surface area (TPSA) is 88.6 Å². The highest BCUT2D eigenvalue weighted by Gasteiger charge is 2.30. The van der Waals surface area contributed by atoms with Crippen molar-refractivity contribution in [2.45, 2.75) is 46.0 Å². The monoisotopic (exact) mass is 527 g/mol. The van der Waals surface area contributed by atoms with Crippen LogP contribution in [0.5, 0.6) is 0 Å². The third-order valence-corrected chi connectivity index (χ3v) is 6.96. The highest BCUT2D eigenvalue weighted by atomic mass is 16.6. The number of hydrogen-bond donors (Lipinski definition) is 1. The molecule has 1 N–H and O–H groups in total. The van der Waals surface area contributed by atoms with Gasteiger partial charge in [0, 0.05) is 42.9 Å². The van der Waals surface area contributed by atoms with Crippen LogP contribution in [0.4, 0.5) is 4.79 Å². The summed E-state index contributed by atoms with van der Waals surface area (Å²) >= 11 is 0. The Morgan fingerprint density at radius 1 is 0.872 bits per heavy atom. The lowest BCUT2D eigenvalue weighted by Gasteiger charge is -2.24. The van der Waals surface area contributed by atoms with E-state index in [1.54, 1.807) is 31.9 Å². The van der Waals surface area contributed by atoms with Crippen molar-refractivity contribution in [2.24, 2.45) is 5.41 Å². The van der Waals surface area contributed by atoms with Crippen molar-refractivity contribution in [3.63, 3.8) is 0 Å². The third kappa shape index (κ3) is 7.11. The molecule has 0 saturated heterocycles. The normalized spacial score (nSPS) is 12.4. The molecule has 7 heteroatoms. The van der Waals surface area contributed by atoms with Crippen LogP contribution in [0.3, 0.4) is 0 Å². The van der Waals surface area contributed by atoms with Gasteiger partial charge in [-0.25, -0.2) is 4.79 Å². The molecule has 0 spiro atoms. The van der Waals surface area contributed by atoms with Crippen LogP contribution in [0, 0.1) is 5.41 Å². The summed E-state index contributed by atoms with van der Waals surface area (Å²) in [5.74, 6) is -1.06. The second-order valence-electron chi connectivity index (χ2n) is 10.9. The van der Waals surface area contributed by atoms with Crippen molar-refractivity contribution < 1.29 is 19.1 Å². The van der Waals surface area contributed by atoms with Gasteiger partial charge < -0.3 is 15.0 Å². The van der Waals surface area contributed by atoms with Crippen LogP contribution in [0.15, 0.2) is 72.9 Å². The molecular formula is C32H37N3O4. The van der Waals surface area contributed by atoms with Gasteiger partial charge in [0.15, 0.2) is 0 Å². The lowest BCUT2D eigenvalue weighted by molar-refractivity contribution is -0.142. The van der Waals surface area contributed by atoms with Crippen molar-refractivity contribution in [3.05, 3.63) is 89.7 Å². The lowest BCUT2D eigenvalue weighted by atomic mass is 9.90. The molecule has 204 valence electrons. The van der Waals surface area contributed by atoms with Crippen LogP contribution in [-0.4, -0.2) is 53.9 Å². The number of aryl methyl sites for hydroxylation is 1. The molecule has 1 aliphatic carbocycles. The number of carbonyl (C=O) groups is 3. The number of Topliss-reactive ketones (excluding diaryl/α,β-unsaturated/α-hetero) is 1. The molecule has 2 amide bonds. The quantitative estimate of drug-likeness (QED) is 0.267. The first kappa shape index (κ1) is 28.0. The van der Waals surface area contributed by atoms with Gasteiger partial charge >= 0.3 is 6.09 Å². The number of aromatic nitrogens is 1. The molecule has 0 fully saturated rings. The number of rotatable bonds is 11. The molecule has 1 heterocycles. The lowest BCUT2D eigenvalue weighted by Crippen LogP contribution is -2.40. The van der Waals surface area contributed by atoms with Crippen molar-refractivity contribution in [1.29, 1.82) is 0 Å². The Hall–Kier alpha value is -4.00. The number of amides is 2. The van der Waals surface area contributed by atoms with Crippen LogP contribution in [0.1, 0.15) is 56.4 Å². The van der Waals surface area contributed by atoms with Gasteiger partial charge in [-0.05, 0) is 53.6 Å². The van der Waals surface area contributed by atoms with Gasteiger partial charge in [0.2, 0.25) is 5.78 Å². The van der Waals surface area contributed by atoms with Crippen LogP contribution in [-0.2, 0) is 20.7 Å². The van der Waals surface area contributed by atoms with E-state index in [0.29, 0.717) is 26.1 Å². The second kappa shape index (κ2) is 12.7. The van der Waals surface area contributed by atoms with Gasteiger partial charge in [0.25, 0.3) is 5.91 Å². The number of pyridine rings is 1. The van der Waals surface area contributed by atoms with Gasteiger partial charge in [0.1, 0.15) is 6.61 Å². The van der Waals surface area contributed by atoms with Gasteiger partial charge in [-0.1, -0.05) is 75.4 Å². The molecule has 0 radical (unpaired) electrons. The van der Waals surface area contributed by atoms with Gasteiger partial charge in [-0.15, -0.1) is 0 Å². The molecule has 3 aromatic rings. The number of fused-ring (bicyclic) bond motifs is 3. The number of nitrogens with one attached hydrogen (secondary N) is 1. The number of nitrogens with zero attached hydrogens (tertiary/aromatic N) is 2. The van der Waals surface area contributed by atoms with E-state index in [1.165, 1.54) is 22.3 Å². The molecule has 0 aliphatic heterocycles. The zero-order valence-corrected chi connectivity index (χ0v) is 23.0. The van der Waals surface area contributed by atoms with Crippen molar-refractivity contribution in [3.8, 4) is 11.1 Å². The summed E-state index contributed by atoms with van der Waals surface area (Å²) < 4.78 is 5.90. The van der Waals surface area contributed by atoms with Crippen LogP contribution in [0.2, 0.25) is 0 Å². The number of hydrogen-bond acceptors (Lipinski definition) is 5. The molecule has 0 atom stereocenters. The molecule has 4 rings (SSSR count). The van der Waals surface area contributed by atoms with E-state index in [4.69, 9.17) is 4.74 Å². The fourth-order valence-electron chi connectivity index (χ4n) is 4.87. The average Bonchev–Trinajstić information content (AvgIpc) is 3.26. The van der Waals surface area contributed by atoms with Gasteiger partial charge in [-0.3, -0.25) is 14.6 Å². The SMILES string of the molecule is CC(C)(C)C(=O)C(=O)NCCCN(CCCc1ccccn1)C(=O)OCC1c2ccccc2-c2ccccc21. The minimum atomic E-state index is -0.733. The average molecular weight is 528 g/mol. The molecular weight excluding hydrogens is 490 g/mol. The minimum Gasteiger partial charge on any atom is -0.448 e. The zero-order valence-electron chi connectivity index (χ0n) is 23.0. The molecule has 2 aromatic carbocycles. The molecule has 0 saturated carbocycles. The highest BCUT2D eigenvalue weighted by Crippen LogP contribution is 2.44. The predicted molar refractivity (Wildman–Crippen MR) is 151 cm³/mol. The van der Waals surface area contributed by atoms with E-state index in [1.807, 2.05) is 42.5 Å². The fraction of sp³-hybridized carbons (Fsp3) is 0.375. The molecule has 1 aromatic heterocycles. The Labute approximate surface area is 230 Å². The van der Waals surface area contributed by atoms with Crippen molar-refractivity contribution in [2.75, 3.05) is 26.2 Å². The summed E-state index contributed by atoms with van der Waals surface area (Å²) in [6, 6.07) is 22.3. The predicted octanol–water partition coefficient (Wildman–Crippen LogP) is 5.39. The first-order chi connectivity index (χ1) is 18.8. The summed E-state index contributed by atoms with van der Waals surface area (Å²) in [4.78, 5) is 43.7. The van der Waals surface area contributed by atoms with E-state index in [9.17, 15) is 14.4 Å². The summed E-state index contributed by atoms with van der Waals surface area (Å²) in [6.07, 6.45) is 3.37. The molecule has 0 unspecified atom stereocenters. The Kier molecular flexibility index (Phi) is 9.12. The molecule has 39 heavy (non-hydrogen) atoms. The van der Waals surface area contributed by atoms with E-state index in [2.05, 4.69) is 34.6 Å². The minimum absolute atomic E-state index is 0.0144. The van der Waals surface area contributed by atoms with E-state index in [0.717, 1.165) is 18.5 Å². The summed E-state index contributed by atoms with van der Waals surface area (Å²) in [7, 11) is 0. The maximum Gasteiger partial charge on any atom is 0.409 e.